The Morgan fingerprint density at radius 1 is 0.909 bits per heavy atom. The molecule has 0 aromatic heterocycles. The standard InChI is InChI=1S/C23H22N2O7S/c1-25(33(27,28)18-9-11-19(29-2)21(13-18)30-3)17-7-4-15(5-8-17)23(26)24-16-6-10-20-22(12-16)32-14-31-20/h4-13H,14H2,1-3H3,(H,24,26). The van der Waals surface area contributed by atoms with E-state index < -0.39 is 10.0 Å². The van der Waals surface area contributed by atoms with Crippen LogP contribution in [-0.4, -0.2) is 42.4 Å². The normalized spacial score (nSPS) is 12.2. The van der Waals surface area contributed by atoms with Crippen LogP contribution < -0.4 is 28.6 Å². The number of carbonyl (C=O) groups is 1. The molecule has 1 aliphatic heterocycles. The van der Waals surface area contributed by atoms with Crippen molar-refractivity contribution in [3.63, 3.8) is 0 Å². The van der Waals surface area contributed by atoms with Crippen LogP contribution >= 0.6 is 0 Å². The van der Waals surface area contributed by atoms with E-state index in [-0.39, 0.29) is 17.6 Å². The third-order valence-electron chi connectivity index (χ3n) is 5.14. The van der Waals surface area contributed by atoms with Crippen molar-refractivity contribution in [3.8, 4) is 23.0 Å². The number of benzene rings is 3. The lowest BCUT2D eigenvalue weighted by Crippen LogP contribution is -2.26. The topological polar surface area (TPSA) is 103 Å². The van der Waals surface area contributed by atoms with Gasteiger partial charge in [-0.3, -0.25) is 9.10 Å². The van der Waals surface area contributed by atoms with Crippen LogP contribution in [0.1, 0.15) is 10.4 Å². The first kappa shape index (κ1) is 22.3. The zero-order valence-corrected chi connectivity index (χ0v) is 19.0. The second-order valence-corrected chi connectivity index (χ2v) is 9.03. The summed E-state index contributed by atoms with van der Waals surface area (Å²) in [5.41, 5.74) is 1.32. The fraction of sp³-hybridized carbons (Fsp3) is 0.174. The Morgan fingerprint density at radius 3 is 2.30 bits per heavy atom. The number of hydrogen-bond acceptors (Lipinski definition) is 7. The van der Waals surface area contributed by atoms with Crippen LogP contribution in [-0.2, 0) is 10.0 Å². The van der Waals surface area contributed by atoms with E-state index in [9.17, 15) is 13.2 Å². The van der Waals surface area contributed by atoms with Crippen LogP contribution in [0.4, 0.5) is 11.4 Å². The molecule has 9 nitrogen and oxygen atoms in total. The monoisotopic (exact) mass is 470 g/mol. The third-order valence-corrected chi connectivity index (χ3v) is 6.92. The van der Waals surface area contributed by atoms with Crippen LogP contribution in [0.15, 0.2) is 65.6 Å². The van der Waals surface area contributed by atoms with Gasteiger partial charge in [0.2, 0.25) is 6.79 Å². The molecular weight excluding hydrogens is 448 g/mol. The SMILES string of the molecule is COc1ccc(S(=O)(=O)N(C)c2ccc(C(=O)Nc3ccc4c(c3)OCO4)cc2)cc1OC. The molecule has 0 bridgehead atoms. The first-order chi connectivity index (χ1) is 15.8. The van der Waals surface area contributed by atoms with E-state index >= 15 is 0 Å². The lowest BCUT2D eigenvalue weighted by Gasteiger charge is -2.20. The van der Waals surface area contributed by atoms with Crippen LogP contribution in [0.2, 0.25) is 0 Å². The predicted octanol–water partition coefficient (Wildman–Crippen LogP) is 3.51. The number of methoxy groups -OCH3 is 2. The van der Waals surface area contributed by atoms with Gasteiger partial charge in [-0.2, -0.15) is 0 Å². The number of sulfonamides is 1. The molecule has 0 aliphatic carbocycles. The molecule has 1 N–H and O–H groups in total. The summed E-state index contributed by atoms with van der Waals surface area (Å²) in [7, 11) is 0.483. The Morgan fingerprint density at radius 2 is 1.61 bits per heavy atom. The summed E-state index contributed by atoms with van der Waals surface area (Å²) in [6, 6.07) is 15.7. The van der Waals surface area contributed by atoms with Crippen LogP contribution in [0.3, 0.4) is 0 Å². The van der Waals surface area contributed by atoms with E-state index in [0.29, 0.717) is 39.9 Å². The molecule has 172 valence electrons. The van der Waals surface area contributed by atoms with E-state index in [2.05, 4.69) is 5.32 Å². The summed E-state index contributed by atoms with van der Waals surface area (Å²) in [4.78, 5) is 12.7. The van der Waals surface area contributed by atoms with Crippen LogP contribution in [0.5, 0.6) is 23.0 Å². The minimum Gasteiger partial charge on any atom is -0.493 e. The number of nitrogens with zero attached hydrogens (tertiary/aromatic N) is 1. The summed E-state index contributed by atoms with van der Waals surface area (Å²) in [6.45, 7) is 0.147. The maximum absolute atomic E-state index is 13.1. The van der Waals surface area contributed by atoms with Crippen molar-refractivity contribution in [1.82, 2.24) is 0 Å². The van der Waals surface area contributed by atoms with Gasteiger partial charge >= 0.3 is 0 Å². The van der Waals surface area contributed by atoms with Crippen LogP contribution in [0.25, 0.3) is 0 Å². The molecule has 0 spiro atoms. The molecule has 1 heterocycles. The van der Waals surface area contributed by atoms with Gasteiger partial charge in [-0.25, -0.2) is 8.42 Å². The molecule has 4 rings (SSSR count). The Labute approximate surface area is 191 Å². The molecule has 1 amide bonds. The minimum absolute atomic E-state index is 0.0484. The highest BCUT2D eigenvalue weighted by Gasteiger charge is 2.23. The van der Waals surface area contributed by atoms with Gasteiger partial charge in [-0.05, 0) is 48.5 Å². The van der Waals surface area contributed by atoms with Crippen molar-refractivity contribution in [2.45, 2.75) is 4.90 Å². The molecule has 10 heteroatoms. The first-order valence-corrected chi connectivity index (χ1v) is 11.3. The number of ether oxygens (including phenoxy) is 4. The first-order valence-electron chi connectivity index (χ1n) is 9.85. The Bertz CT molecular complexity index is 1290. The highest BCUT2D eigenvalue weighted by atomic mass is 32.2. The van der Waals surface area contributed by atoms with Crippen molar-refractivity contribution in [2.24, 2.45) is 0 Å². The Balaban J connectivity index is 1.50. The second-order valence-electron chi connectivity index (χ2n) is 7.06. The molecule has 33 heavy (non-hydrogen) atoms. The number of hydrogen-bond donors (Lipinski definition) is 1. The Hall–Kier alpha value is -3.92. The van der Waals surface area contributed by atoms with Gasteiger partial charge in [0, 0.05) is 30.4 Å². The molecule has 0 saturated carbocycles. The van der Waals surface area contributed by atoms with Crippen LogP contribution in [0, 0.1) is 0 Å². The highest BCUT2D eigenvalue weighted by molar-refractivity contribution is 7.92. The maximum atomic E-state index is 13.1. The van der Waals surface area contributed by atoms with Gasteiger partial charge in [0.1, 0.15) is 0 Å². The van der Waals surface area contributed by atoms with Gasteiger partial charge in [0.15, 0.2) is 23.0 Å². The summed E-state index contributed by atoms with van der Waals surface area (Å²) >= 11 is 0. The summed E-state index contributed by atoms with van der Waals surface area (Å²) < 4.78 is 48.2. The van der Waals surface area contributed by atoms with Crippen molar-refractivity contribution in [3.05, 3.63) is 66.2 Å². The van der Waals surface area contributed by atoms with Gasteiger partial charge < -0.3 is 24.3 Å². The zero-order chi connectivity index (χ0) is 23.6. The molecule has 0 atom stereocenters. The molecule has 0 unspecified atom stereocenters. The molecular formula is C23H22N2O7S. The van der Waals surface area contributed by atoms with E-state index in [1.165, 1.54) is 39.5 Å². The molecule has 0 saturated heterocycles. The van der Waals surface area contributed by atoms with Gasteiger partial charge in [-0.15, -0.1) is 0 Å². The van der Waals surface area contributed by atoms with Crippen molar-refractivity contribution < 1.29 is 32.2 Å². The minimum atomic E-state index is -3.87. The summed E-state index contributed by atoms with van der Waals surface area (Å²) in [5, 5.41) is 2.78. The highest BCUT2D eigenvalue weighted by Crippen LogP contribution is 2.34. The predicted molar refractivity (Wildman–Crippen MR) is 122 cm³/mol. The number of nitrogens with one attached hydrogen (secondary N) is 1. The Kier molecular flexibility index (Phi) is 6.01. The lowest BCUT2D eigenvalue weighted by atomic mass is 10.2. The van der Waals surface area contributed by atoms with E-state index in [1.54, 1.807) is 42.5 Å². The van der Waals surface area contributed by atoms with E-state index in [0.717, 1.165) is 4.31 Å². The summed E-state index contributed by atoms with van der Waals surface area (Å²) in [5.74, 6) is 1.58. The number of fused-ring (bicyclic) bond motifs is 1. The zero-order valence-electron chi connectivity index (χ0n) is 18.2. The van der Waals surface area contributed by atoms with Crippen molar-refractivity contribution in [1.29, 1.82) is 0 Å². The maximum Gasteiger partial charge on any atom is 0.264 e. The van der Waals surface area contributed by atoms with E-state index in [4.69, 9.17) is 18.9 Å². The number of amides is 1. The van der Waals surface area contributed by atoms with Gasteiger partial charge in [0.05, 0.1) is 24.8 Å². The largest absolute Gasteiger partial charge is 0.493 e. The average Bonchev–Trinajstić information content (AvgIpc) is 3.31. The fourth-order valence-corrected chi connectivity index (χ4v) is 4.49. The quantitative estimate of drug-likeness (QED) is 0.564. The van der Waals surface area contributed by atoms with Gasteiger partial charge in [0.25, 0.3) is 15.9 Å². The van der Waals surface area contributed by atoms with Gasteiger partial charge in [-0.1, -0.05) is 0 Å². The number of carbonyl (C=O) groups excluding carboxylic acids is 1. The second kappa shape index (κ2) is 8.91. The lowest BCUT2D eigenvalue weighted by molar-refractivity contribution is 0.102. The smallest absolute Gasteiger partial charge is 0.264 e. The number of rotatable bonds is 7. The molecule has 1 aliphatic rings. The van der Waals surface area contributed by atoms with Crippen molar-refractivity contribution in [2.75, 3.05) is 37.7 Å². The molecule has 3 aromatic carbocycles. The third kappa shape index (κ3) is 4.37. The molecule has 3 aromatic rings. The number of anilines is 2. The average molecular weight is 471 g/mol. The van der Waals surface area contributed by atoms with Crippen molar-refractivity contribution >= 4 is 27.3 Å². The molecule has 0 fully saturated rings. The summed E-state index contributed by atoms with van der Waals surface area (Å²) in [6.07, 6.45) is 0. The molecule has 0 radical (unpaired) electrons. The fourth-order valence-electron chi connectivity index (χ4n) is 3.27. The van der Waals surface area contributed by atoms with E-state index in [1.807, 2.05) is 0 Å².